The number of amidine groups is 1. The first-order valence-electron chi connectivity index (χ1n) is 10.0. The Balaban J connectivity index is 1.44. The second-order valence-corrected chi connectivity index (χ2v) is 9.14. The van der Waals surface area contributed by atoms with Gasteiger partial charge >= 0.3 is 6.03 Å². The molecule has 0 saturated heterocycles. The van der Waals surface area contributed by atoms with E-state index in [1.165, 1.54) is 11.3 Å². The minimum absolute atomic E-state index is 0.318. The number of hydrogen-bond acceptors (Lipinski definition) is 5. The first-order valence-corrected chi connectivity index (χ1v) is 11.7. The topological polar surface area (TPSA) is 85.8 Å². The third kappa shape index (κ3) is 5.35. The zero-order chi connectivity index (χ0) is 22.5. The van der Waals surface area contributed by atoms with Crippen molar-refractivity contribution >= 4 is 56.4 Å². The van der Waals surface area contributed by atoms with Gasteiger partial charge in [-0.1, -0.05) is 22.0 Å². The molecule has 1 unspecified atom stereocenters. The standard InChI is InChI=1S/C23H22BrN5O2S/c1-29-13-12-25-21(29)15-4-8-17(9-5-15)26-22(30)20(19-3-2-14-32-19)28-23(31)27-18-10-6-16(24)7-11-18/h2-11,14,20H,12-13H2,1H3,(H,26,30)(H2,27,28,31). The lowest BCUT2D eigenvalue weighted by molar-refractivity contribution is -0.118. The van der Waals surface area contributed by atoms with Crippen LogP contribution in [0.4, 0.5) is 16.2 Å². The maximum absolute atomic E-state index is 13.1. The predicted molar refractivity (Wildman–Crippen MR) is 132 cm³/mol. The molecule has 4 rings (SSSR count). The van der Waals surface area contributed by atoms with Crippen LogP contribution >= 0.6 is 27.3 Å². The molecule has 3 amide bonds. The van der Waals surface area contributed by atoms with Crippen LogP contribution in [-0.2, 0) is 4.79 Å². The fraction of sp³-hybridized carbons (Fsp3) is 0.174. The van der Waals surface area contributed by atoms with Crippen molar-refractivity contribution in [2.45, 2.75) is 6.04 Å². The predicted octanol–water partition coefficient (Wildman–Crippen LogP) is 4.70. The van der Waals surface area contributed by atoms with Crippen molar-refractivity contribution in [2.24, 2.45) is 4.99 Å². The number of carbonyl (C=O) groups excluding carboxylic acids is 2. The Morgan fingerprint density at radius 2 is 1.72 bits per heavy atom. The van der Waals surface area contributed by atoms with Crippen LogP contribution in [0.5, 0.6) is 0 Å². The summed E-state index contributed by atoms with van der Waals surface area (Å²) >= 11 is 4.78. The number of halogens is 1. The normalized spacial score (nSPS) is 13.9. The maximum Gasteiger partial charge on any atom is 0.320 e. The molecule has 9 heteroatoms. The molecule has 0 fully saturated rings. The molecule has 3 aromatic rings. The molecule has 0 radical (unpaired) electrons. The quantitative estimate of drug-likeness (QED) is 0.448. The summed E-state index contributed by atoms with van der Waals surface area (Å²) in [6, 6.07) is 17.2. The number of nitrogens with one attached hydrogen (secondary N) is 3. The third-order valence-electron chi connectivity index (χ3n) is 4.94. The zero-order valence-electron chi connectivity index (χ0n) is 17.3. The highest BCUT2D eigenvalue weighted by Crippen LogP contribution is 2.22. The number of amides is 3. The molecule has 7 nitrogen and oxygen atoms in total. The van der Waals surface area contributed by atoms with Gasteiger partial charge in [0.1, 0.15) is 11.9 Å². The Labute approximate surface area is 198 Å². The van der Waals surface area contributed by atoms with Crippen molar-refractivity contribution < 1.29 is 9.59 Å². The molecule has 2 heterocycles. The number of anilines is 2. The van der Waals surface area contributed by atoms with Gasteiger partial charge < -0.3 is 20.9 Å². The fourth-order valence-corrected chi connectivity index (χ4v) is 4.35. The fourth-order valence-electron chi connectivity index (χ4n) is 3.31. The smallest absolute Gasteiger partial charge is 0.320 e. The van der Waals surface area contributed by atoms with Crippen molar-refractivity contribution in [1.82, 2.24) is 10.2 Å². The lowest BCUT2D eigenvalue weighted by Gasteiger charge is -2.18. The number of hydrogen-bond donors (Lipinski definition) is 3. The van der Waals surface area contributed by atoms with Crippen molar-refractivity contribution in [2.75, 3.05) is 30.8 Å². The van der Waals surface area contributed by atoms with Gasteiger partial charge in [0.25, 0.3) is 5.91 Å². The zero-order valence-corrected chi connectivity index (χ0v) is 19.7. The van der Waals surface area contributed by atoms with Crippen LogP contribution < -0.4 is 16.0 Å². The van der Waals surface area contributed by atoms with Gasteiger partial charge in [0.15, 0.2) is 0 Å². The molecule has 1 aliphatic rings. The maximum atomic E-state index is 13.1. The van der Waals surface area contributed by atoms with E-state index in [1.807, 2.05) is 61.0 Å². The summed E-state index contributed by atoms with van der Waals surface area (Å²) in [5, 5.41) is 10.3. The van der Waals surface area contributed by atoms with Gasteiger partial charge in [-0.3, -0.25) is 9.79 Å². The summed E-state index contributed by atoms with van der Waals surface area (Å²) in [7, 11) is 2.01. The van der Waals surface area contributed by atoms with Crippen LogP contribution in [-0.4, -0.2) is 42.8 Å². The summed E-state index contributed by atoms with van der Waals surface area (Å²) in [6.07, 6.45) is 0. The highest BCUT2D eigenvalue weighted by atomic mass is 79.9. The highest BCUT2D eigenvalue weighted by Gasteiger charge is 2.24. The van der Waals surface area contributed by atoms with E-state index in [-0.39, 0.29) is 5.91 Å². The van der Waals surface area contributed by atoms with Crippen LogP contribution in [0.1, 0.15) is 16.5 Å². The molecule has 1 aliphatic heterocycles. The molecule has 1 aromatic heterocycles. The molecule has 0 aliphatic carbocycles. The van der Waals surface area contributed by atoms with Crippen LogP contribution in [0, 0.1) is 0 Å². The van der Waals surface area contributed by atoms with Crippen molar-refractivity contribution in [3.63, 3.8) is 0 Å². The van der Waals surface area contributed by atoms with Crippen molar-refractivity contribution in [3.8, 4) is 0 Å². The molecular formula is C23H22BrN5O2S. The molecule has 32 heavy (non-hydrogen) atoms. The van der Waals surface area contributed by atoms with Crippen LogP contribution in [0.2, 0.25) is 0 Å². The average molecular weight is 512 g/mol. The minimum atomic E-state index is -0.824. The van der Waals surface area contributed by atoms with E-state index >= 15 is 0 Å². The average Bonchev–Trinajstić information content (AvgIpc) is 3.46. The molecule has 0 saturated carbocycles. The highest BCUT2D eigenvalue weighted by molar-refractivity contribution is 9.10. The molecule has 164 valence electrons. The Morgan fingerprint density at radius 3 is 2.34 bits per heavy atom. The van der Waals surface area contributed by atoms with Gasteiger partial charge in [-0.15, -0.1) is 11.3 Å². The number of benzene rings is 2. The summed E-state index contributed by atoms with van der Waals surface area (Å²) in [5.74, 6) is 0.632. The minimum Gasteiger partial charge on any atom is -0.358 e. The lowest BCUT2D eigenvalue weighted by atomic mass is 10.1. The van der Waals surface area contributed by atoms with Crippen LogP contribution in [0.15, 0.2) is 75.5 Å². The Bertz CT molecular complexity index is 1110. The van der Waals surface area contributed by atoms with Gasteiger partial charge in [0, 0.05) is 39.9 Å². The Hall–Kier alpha value is -3.17. The second-order valence-electron chi connectivity index (χ2n) is 7.25. The molecular weight excluding hydrogens is 490 g/mol. The summed E-state index contributed by atoms with van der Waals surface area (Å²) < 4.78 is 0.914. The summed E-state index contributed by atoms with van der Waals surface area (Å²) in [5.41, 5.74) is 2.29. The molecule has 3 N–H and O–H groups in total. The third-order valence-corrected chi connectivity index (χ3v) is 6.40. The van der Waals surface area contributed by atoms with E-state index in [1.54, 1.807) is 12.1 Å². The molecule has 0 spiro atoms. The lowest BCUT2D eigenvalue weighted by Crippen LogP contribution is -2.39. The van der Waals surface area contributed by atoms with E-state index in [4.69, 9.17) is 0 Å². The SMILES string of the molecule is CN1CCN=C1c1ccc(NC(=O)C(NC(=O)Nc2ccc(Br)cc2)c2cccs2)cc1. The van der Waals surface area contributed by atoms with E-state index in [9.17, 15) is 9.59 Å². The van der Waals surface area contributed by atoms with Gasteiger partial charge in [0.2, 0.25) is 0 Å². The number of carbonyl (C=O) groups is 2. The second kappa shape index (κ2) is 9.97. The number of rotatable bonds is 6. The van der Waals surface area contributed by atoms with E-state index in [0.29, 0.717) is 11.4 Å². The van der Waals surface area contributed by atoms with Crippen LogP contribution in [0.25, 0.3) is 0 Å². The Morgan fingerprint density at radius 1 is 1.03 bits per heavy atom. The Kier molecular flexibility index (Phi) is 6.87. The molecule has 1 atom stereocenters. The van der Waals surface area contributed by atoms with E-state index < -0.39 is 12.1 Å². The van der Waals surface area contributed by atoms with Gasteiger partial charge in [-0.05, 0) is 60.0 Å². The summed E-state index contributed by atoms with van der Waals surface area (Å²) in [4.78, 5) is 33.0. The van der Waals surface area contributed by atoms with Crippen molar-refractivity contribution in [1.29, 1.82) is 0 Å². The van der Waals surface area contributed by atoms with Gasteiger partial charge in [0.05, 0.1) is 6.54 Å². The van der Waals surface area contributed by atoms with Gasteiger partial charge in [-0.25, -0.2) is 4.79 Å². The van der Waals surface area contributed by atoms with E-state index in [0.717, 1.165) is 33.8 Å². The largest absolute Gasteiger partial charge is 0.358 e. The molecule has 2 aromatic carbocycles. The number of thiophene rings is 1. The first kappa shape index (κ1) is 22.0. The van der Waals surface area contributed by atoms with Crippen LogP contribution in [0.3, 0.4) is 0 Å². The number of likely N-dealkylation sites (N-methyl/N-ethyl adjacent to an activating group) is 1. The van der Waals surface area contributed by atoms with E-state index in [2.05, 4.69) is 41.8 Å². The number of nitrogens with zero attached hydrogens (tertiary/aromatic N) is 2. The first-order chi connectivity index (χ1) is 15.5. The number of urea groups is 1. The molecule has 0 bridgehead atoms. The van der Waals surface area contributed by atoms with Gasteiger partial charge in [-0.2, -0.15) is 0 Å². The van der Waals surface area contributed by atoms with Crippen molar-refractivity contribution in [3.05, 3.63) is 81.0 Å². The monoisotopic (exact) mass is 511 g/mol. The number of aliphatic imine (C=N–C) groups is 1. The summed E-state index contributed by atoms with van der Waals surface area (Å²) in [6.45, 7) is 1.70.